The molecule has 0 bridgehead atoms. The third-order valence-corrected chi connectivity index (χ3v) is 9.98. The highest BCUT2D eigenvalue weighted by Gasteiger charge is 2.44. The van der Waals surface area contributed by atoms with Gasteiger partial charge < -0.3 is 35.3 Å². The van der Waals surface area contributed by atoms with E-state index in [1.165, 1.54) is 19.2 Å². The lowest BCUT2D eigenvalue weighted by Gasteiger charge is -2.39. The number of ether oxygens (including phenoxy) is 1. The maximum Gasteiger partial charge on any atom is 0.410 e. The molecule has 0 aliphatic carbocycles. The number of carbonyl (C=O) groups excluding carboxylic acids is 2. The number of nitrogens with zero attached hydrogens (tertiary/aromatic N) is 2. The fraction of sp³-hybridized carbons (Fsp3) is 0.268. The SMILES string of the molecule is COC(=O)N(Cc1ccc(CNC[C@H](O)c2ccc(O)c3[nH]c(=O)ccc23)cc1)Cc1ccc(C(=O)N2CCC(C(=O)O)(c3ccccc3)CC2)cc1. The number of fused-ring (bicyclic) bond motifs is 1. The summed E-state index contributed by atoms with van der Waals surface area (Å²) in [4.78, 5) is 56.0. The molecule has 4 aromatic carbocycles. The Labute approximate surface area is 306 Å². The normalized spacial score (nSPS) is 14.4. The number of aliphatic hydroxyl groups excluding tert-OH is 1. The van der Waals surface area contributed by atoms with Crippen molar-refractivity contribution in [2.75, 3.05) is 26.7 Å². The van der Waals surface area contributed by atoms with Crippen molar-refractivity contribution >= 4 is 28.9 Å². The number of phenolic OH excluding ortho intramolecular Hbond substituents is 1. The first-order chi connectivity index (χ1) is 25.6. The number of likely N-dealkylation sites (tertiary alicyclic amines) is 1. The summed E-state index contributed by atoms with van der Waals surface area (Å²) < 4.78 is 5.06. The molecule has 0 spiro atoms. The molecule has 274 valence electrons. The zero-order valence-electron chi connectivity index (χ0n) is 29.3. The van der Waals surface area contributed by atoms with Gasteiger partial charge in [-0.3, -0.25) is 19.3 Å². The standard InChI is InChI=1S/C41H42N4O8/c1-53-40(52)45(25-28-9-7-27(8-10-28)23-42-24-35(47)32-15-17-34(46)37-33(32)16-18-36(48)43-37)26-29-11-13-30(14-12-29)38(49)44-21-19-41(20-22-44,39(50)51)31-5-3-2-4-6-31/h2-18,35,42,46-47H,19-26H2,1H3,(H,43,48)(H,50,51)/t35-/m0/s1. The van der Waals surface area contributed by atoms with E-state index in [9.17, 15) is 34.5 Å². The largest absolute Gasteiger partial charge is 0.506 e. The number of phenols is 1. The number of aromatic hydroxyl groups is 1. The van der Waals surface area contributed by atoms with E-state index in [1.807, 2.05) is 66.7 Å². The van der Waals surface area contributed by atoms with E-state index >= 15 is 0 Å². The molecule has 0 saturated carbocycles. The zero-order valence-corrected chi connectivity index (χ0v) is 29.3. The number of carboxylic acid groups (broad SMARTS) is 1. The lowest BCUT2D eigenvalue weighted by molar-refractivity contribution is -0.145. The van der Waals surface area contributed by atoms with Crippen molar-refractivity contribution in [2.24, 2.45) is 0 Å². The maximum absolute atomic E-state index is 13.4. The van der Waals surface area contributed by atoms with Crippen LogP contribution >= 0.6 is 0 Å². The monoisotopic (exact) mass is 718 g/mol. The van der Waals surface area contributed by atoms with Crippen molar-refractivity contribution in [1.82, 2.24) is 20.1 Å². The number of amides is 2. The average molecular weight is 719 g/mol. The number of pyridine rings is 1. The average Bonchev–Trinajstić information content (AvgIpc) is 3.18. The van der Waals surface area contributed by atoms with Crippen molar-refractivity contribution in [3.05, 3.63) is 147 Å². The highest BCUT2D eigenvalue weighted by molar-refractivity contribution is 5.94. The van der Waals surface area contributed by atoms with Crippen LogP contribution < -0.4 is 10.9 Å². The first kappa shape index (κ1) is 36.8. The molecule has 1 aliphatic rings. The summed E-state index contributed by atoms with van der Waals surface area (Å²) in [5, 5.41) is 34.9. The van der Waals surface area contributed by atoms with E-state index in [0.717, 1.165) is 22.3 Å². The minimum absolute atomic E-state index is 0.0670. The molecule has 5 N–H and O–H groups in total. The second-order valence-corrected chi connectivity index (χ2v) is 13.3. The van der Waals surface area contributed by atoms with Gasteiger partial charge in [-0.25, -0.2) is 4.79 Å². The molecule has 53 heavy (non-hydrogen) atoms. The minimum atomic E-state index is -1.02. The first-order valence-corrected chi connectivity index (χ1v) is 17.4. The smallest absolute Gasteiger partial charge is 0.410 e. The van der Waals surface area contributed by atoms with Crippen LogP contribution in [0.1, 0.15) is 57.1 Å². The third-order valence-electron chi connectivity index (χ3n) is 9.98. The van der Waals surface area contributed by atoms with Gasteiger partial charge in [-0.15, -0.1) is 0 Å². The molecule has 0 radical (unpaired) electrons. The van der Waals surface area contributed by atoms with E-state index in [-0.39, 0.29) is 42.4 Å². The van der Waals surface area contributed by atoms with Gasteiger partial charge in [0.15, 0.2) is 0 Å². The minimum Gasteiger partial charge on any atom is -0.506 e. The molecule has 5 aromatic rings. The van der Waals surface area contributed by atoms with Gasteiger partial charge in [0.1, 0.15) is 5.75 Å². The van der Waals surface area contributed by atoms with Crippen molar-refractivity contribution < 1.29 is 34.4 Å². The number of aliphatic carboxylic acids is 1. The van der Waals surface area contributed by atoms with Crippen molar-refractivity contribution in [3.8, 4) is 5.75 Å². The van der Waals surface area contributed by atoms with Crippen LogP contribution in [0.2, 0.25) is 0 Å². The van der Waals surface area contributed by atoms with E-state index in [1.54, 1.807) is 34.1 Å². The number of methoxy groups -OCH3 is 1. The molecule has 1 aliphatic heterocycles. The quantitative estimate of drug-likeness (QED) is 0.118. The molecular weight excluding hydrogens is 676 g/mol. The summed E-state index contributed by atoms with van der Waals surface area (Å²) in [5.41, 5.74) is 3.40. The van der Waals surface area contributed by atoms with Gasteiger partial charge in [-0.05, 0) is 64.9 Å². The molecule has 1 atom stereocenters. The lowest BCUT2D eigenvalue weighted by Crippen LogP contribution is -2.49. The van der Waals surface area contributed by atoms with Crippen LogP contribution in [-0.2, 0) is 34.6 Å². The van der Waals surface area contributed by atoms with Crippen molar-refractivity contribution in [1.29, 1.82) is 0 Å². The van der Waals surface area contributed by atoms with Crippen molar-refractivity contribution in [3.63, 3.8) is 0 Å². The van der Waals surface area contributed by atoms with E-state index in [2.05, 4.69) is 10.3 Å². The molecule has 1 fully saturated rings. The van der Waals surface area contributed by atoms with Gasteiger partial charge >= 0.3 is 12.1 Å². The predicted octanol–water partition coefficient (Wildman–Crippen LogP) is 5.08. The molecule has 1 saturated heterocycles. The second kappa shape index (κ2) is 16.1. The highest BCUT2D eigenvalue weighted by Crippen LogP contribution is 2.36. The summed E-state index contributed by atoms with van der Waals surface area (Å²) in [6, 6.07) is 30.0. The lowest BCUT2D eigenvalue weighted by atomic mass is 9.73. The molecule has 6 rings (SSSR count). The molecule has 12 nitrogen and oxygen atoms in total. The first-order valence-electron chi connectivity index (χ1n) is 17.4. The summed E-state index contributed by atoms with van der Waals surface area (Å²) >= 11 is 0. The zero-order chi connectivity index (χ0) is 37.5. The molecular formula is C41H42N4O8. The van der Waals surface area contributed by atoms with Gasteiger partial charge in [0.05, 0.1) is 24.1 Å². The molecule has 1 aromatic heterocycles. The topological polar surface area (TPSA) is 172 Å². The Kier molecular flexibility index (Phi) is 11.2. The van der Waals surface area contributed by atoms with Gasteiger partial charge in [0.2, 0.25) is 5.56 Å². The number of benzene rings is 4. The van der Waals surface area contributed by atoms with E-state index in [4.69, 9.17) is 4.74 Å². The number of hydrogen-bond donors (Lipinski definition) is 5. The number of piperidine rings is 1. The number of carboxylic acids is 1. The Bertz CT molecular complexity index is 2130. The van der Waals surface area contributed by atoms with Gasteiger partial charge in [0.25, 0.3) is 5.91 Å². The molecule has 0 unspecified atom stereocenters. The van der Waals surface area contributed by atoms with Crippen molar-refractivity contribution in [2.45, 2.75) is 44.0 Å². The maximum atomic E-state index is 13.4. The Morgan fingerprint density at radius 1 is 0.868 bits per heavy atom. The highest BCUT2D eigenvalue weighted by atomic mass is 16.5. The van der Waals surface area contributed by atoms with Gasteiger partial charge in [-0.1, -0.05) is 72.8 Å². The number of H-pyrrole nitrogens is 1. The number of aromatic amines is 1. The number of carbonyl (C=O) groups is 3. The Morgan fingerprint density at radius 2 is 1.49 bits per heavy atom. The van der Waals surface area contributed by atoms with Crippen LogP contribution in [0.15, 0.2) is 108 Å². The summed E-state index contributed by atoms with van der Waals surface area (Å²) in [5.74, 6) is -1.11. The fourth-order valence-corrected chi connectivity index (χ4v) is 6.94. The molecule has 12 heteroatoms. The van der Waals surface area contributed by atoms with E-state index < -0.39 is 23.6 Å². The summed E-state index contributed by atoms with van der Waals surface area (Å²) in [6.45, 7) is 1.91. The van der Waals surface area contributed by atoms with Gasteiger partial charge in [0, 0.05) is 56.3 Å². The van der Waals surface area contributed by atoms with Gasteiger partial charge in [-0.2, -0.15) is 0 Å². The number of aromatic nitrogens is 1. The number of rotatable bonds is 12. The number of aliphatic hydroxyl groups is 1. The predicted molar refractivity (Wildman–Crippen MR) is 198 cm³/mol. The van der Waals surface area contributed by atoms with Crippen LogP contribution in [0.4, 0.5) is 4.79 Å². The Hall–Kier alpha value is -5.98. The molecule has 2 heterocycles. The van der Waals surface area contributed by atoms with Crippen LogP contribution in [-0.4, -0.2) is 74.8 Å². The number of hydrogen-bond acceptors (Lipinski definition) is 8. The fourth-order valence-electron chi connectivity index (χ4n) is 6.94. The second-order valence-electron chi connectivity index (χ2n) is 13.3. The van der Waals surface area contributed by atoms with Crippen LogP contribution in [0.25, 0.3) is 10.9 Å². The Balaban J connectivity index is 1.02. The van der Waals surface area contributed by atoms with Crippen LogP contribution in [0, 0.1) is 0 Å². The van der Waals surface area contributed by atoms with Crippen LogP contribution in [0.3, 0.4) is 0 Å². The Morgan fingerprint density at radius 3 is 2.11 bits per heavy atom. The molecule has 2 amide bonds. The van der Waals surface area contributed by atoms with Crippen LogP contribution in [0.5, 0.6) is 5.75 Å². The summed E-state index contributed by atoms with van der Waals surface area (Å²) in [6.07, 6.45) is -0.722. The summed E-state index contributed by atoms with van der Waals surface area (Å²) in [7, 11) is 1.33. The third kappa shape index (κ3) is 8.24. The van der Waals surface area contributed by atoms with E-state index in [0.29, 0.717) is 49.0 Å². The number of nitrogens with one attached hydrogen (secondary N) is 2.